The number of halogens is 1. The van der Waals surface area contributed by atoms with Crippen LogP contribution < -0.4 is 10.1 Å². The maximum atomic E-state index is 12.4. The molecule has 0 fully saturated rings. The van der Waals surface area contributed by atoms with Crippen LogP contribution in [0.15, 0.2) is 42.6 Å². The highest BCUT2D eigenvalue weighted by Gasteiger charge is 2.15. The van der Waals surface area contributed by atoms with Crippen molar-refractivity contribution >= 4 is 28.9 Å². The Bertz CT molecular complexity index is 1160. The van der Waals surface area contributed by atoms with Crippen molar-refractivity contribution in [2.75, 3.05) is 5.32 Å². The van der Waals surface area contributed by atoms with Crippen LogP contribution in [0.3, 0.4) is 0 Å². The van der Waals surface area contributed by atoms with Gasteiger partial charge in [-0.15, -0.1) is 0 Å². The third-order valence-electron chi connectivity index (χ3n) is 4.23. The summed E-state index contributed by atoms with van der Waals surface area (Å²) >= 11 is 6.15. The molecule has 0 saturated heterocycles. The van der Waals surface area contributed by atoms with Crippen LogP contribution in [-0.4, -0.2) is 20.6 Å². The molecule has 0 aliphatic heterocycles. The molecule has 1 amide bonds. The van der Waals surface area contributed by atoms with Gasteiger partial charge in [-0.3, -0.25) is 14.9 Å². The van der Waals surface area contributed by atoms with Crippen molar-refractivity contribution in [2.45, 2.75) is 20.6 Å². The molecule has 3 aromatic rings. The van der Waals surface area contributed by atoms with Gasteiger partial charge in [0.05, 0.1) is 16.2 Å². The standard InChI is InChI=1S/C20H16ClN5O4/c1-12-7-16(8-13(2)19(12)21)30-11-25-6-5-18(24-25)20(27)23-17-4-3-15(26(28)29)9-14(17)10-22/h3-9H,11H2,1-2H3,(H,23,27). The van der Waals surface area contributed by atoms with Crippen LogP contribution >= 0.6 is 11.6 Å². The zero-order chi connectivity index (χ0) is 21.8. The number of nitro groups is 1. The monoisotopic (exact) mass is 425 g/mol. The minimum Gasteiger partial charge on any atom is -0.471 e. The van der Waals surface area contributed by atoms with Gasteiger partial charge in [0, 0.05) is 23.4 Å². The molecule has 10 heteroatoms. The van der Waals surface area contributed by atoms with E-state index in [-0.39, 0.29) is 29.4 Å². The first-order valence-electron chi connectivity index (χ1n) is 8.71. The molecule has 0 saturated carbocycles. The normalized spacial score (nSPS) is 10.3. The molecule has 9 nitrogen and oxygen atoms in total. The lowest BCUT2D eigenvalue weighted by Gasteiger charge is -2.10. The molecule has 2 aromatic carbocycles. The SMILES string of the molecule is Cc1cc(OCn2ccc(C(=O)Nc3ccc([N+](=O)[O-])cc3C#N)n2)cc(C)c1Cl. The van der Waals surface area contributed by atoms with Gasteiger partial charge < -0.3 is 10.1 Å². The van der Waals surface area contributed by atoms with Crippen molar-refractivity contribution in [2.24, 2.45) is 0 Å². The average molecular weight is 426 g/mol. The molecule has 0 bridgehead atoms. The Morgan fingerprint density at radius 2 is 2.00 bits per heavy atom. The molecular weight excluding hydrogens is 410 g/mol. The van der Waals surface area contributed by atoms with Crippen molar-refractivity contribution in [3.05, 3.63) is 80.1 Å². The van der Waals surface area contributed by atoms with E-state index < -0.39 is 10.8 Å². The van der Waals surface area contributed by atoms with Crippen LogP contribution in [0.4, 0.5) is 11.4 Å². The number of nitro benzene ring substituents is 1. The number of benzene rings is 2. The van der Waals surface area contributed by atoms with Gasteiger partial charge in [-0.1, -0.05) is 11.6 Å². The number of ether oxygens (including phenoxy) is 1. The average Bonchev–Trinajstić information content (AvgIpc) is 3.19. The van der Waals surface area contributed by atoms with Gasteiger partial charge in [0.1, 0.15) is 11.8 Å². The van der Waals surface area contributed by atoms with E-state index in [0.29, 0.717) is 10.8 Å². The smallest absolute Gasteiger partial charge is 0.276 e. The Kier molecular flexibility index (Phi) is 5.99. The van der Waals surface area contributed by atoms with E-state index in [1.165, 1.54) is 22.9 Å². The highest BCUT2D eigenvalue weighted by Crippen LogP contribution is 2.26. The van der Waals surface area contributed by atoms with E-state index in [1.807, 2.05) is 32.0 Å². The molecule has 1 N–H and O–H groups in total. The van der Waals surface area contributed by atoms with Crippen LogP contribution in [0.25, 0.3) is 0 Å². The molecule has 1 aromatic heterocycles. The number of nitrogens with one attached hydrogen (secondary N) is 1. The van der Waals surface area contributed by atoms with Gasteiger partial charge in [-0.05, 0) is 49.2 Å². The maximum absolute atomic E-state index is 12.4. The van der Waals surface area contributed by atoms with E-state index >= 15 is 0 Å². The van der Waals surface area contributed by atoms with E-state index in [9.17, 15) is 20.2 Å². The molecule has 152 valence electrons. The minimum atomic E-state index is -0.613. The summed E-state index contributed by atoms with van der Waals surface area (Å²) in [5, 5.41) is 27.4. The Hall–Kier alpha value is -3.90. The number of carbonyl (C=O) groups excluding carboxylic acids is 1. The second-order valence-electron chi connectivity index (χ2n) is 6.44. The van der Waals surface area contributed by atoms with E-state index in [4.69, 9.17) is 16.3 Å². The fraction of sp³-hybridized carbons (Fsp3) is 0.150. The number of carbonyl (C=O) groups is 1. The van der Waals surface area contributed by atoms with Gasteiger partial charge in [-0.25, -0.2) is 4.68 Å². The van der Waals surface area contributed by atoms with Gasteiger partial charge >= 0.3 is 0 Å². The van der Waals surface area contributed by atoms with Crippen LogP contribution in [0, 0.1) is 35.3 Å². The van der Waals surface area contributed by atoms with Crippen molar-refractivity contribution in [1.29, 1.82) is 5.26 Å². The predicted molar refractivity (Wildman–Crippen MR) is 110 cm³/mol. The third-order valence-corrected chi connectivity index (χ3v) is 4.83. The summed E-state index contributed by atoms with van der Waals surface area (Å²) in [7, 11) is 0. The molecule has 0 unspecified atom stereocenters. The van der Waals surface area contributed by atoms with Crippen LogP contribution in [0.1, 0.15) is 27.2 Å². The number of nitrogens with zero attached hydrogens (tertiary/aromatic N) is 4. The minimum absolute atomic E-state index is 0.0196. The highest BCUT2D eigenvalue weighted by atomic mass is 35.5. The quantitative estimate of drug-likeness (QED) is 0.465. The number of anilines is 1. The first kappa shape index (κ1) is 20.8. The number of hydrogen-bond donors (Lipinski definition) is 1. The Morgan fingerprint density at radius 3 is 2.63 bits per heavy atom. The summed E-state index contributed by atoms with van der Waals surface area (Å²) in [6.45, 7) is 3.84. The lowest BCUT2D eigenvalue weighted by atomic mass is 10.1. The largest absolute Gasteiger partial charge is 0.471 e. The molecule has 0 aliphatic rings. The first-order valence-corrected chi connectivity index (χ1v) is 9.09. The Balaban J connectivity index is 1.68. The highest BCUT2D eigenvalue weighted by molar-refractivity contribution is 6.32. The molecule has 0 aliphatic carbocycles. The molecule has 3 rings (SSSR count). The zero-order valence-corrected chi connectivity index (χ0v) is 16.8. The van der Waals surface area contributed by atoms with Crippen molar-refractivity contribution in [3.8, 4) is 11.8 Å². The van der Waals surface area contributed by atoms with Crippen LogP contribution in [0.2, 0.25) is 5.02 Å². The maximum Gasteiger partial charge on any atom is 0.276 e. The number of aryl methyl sites for hydroxylation is 2. The Morgan fingerprint density at radius 1 is 1.30 bits per heavy atom. The Labute approximate surface area is 176 Å². The second-order valence-corrected chi connectivity index (χ2v) is 6.82. The molecule has 0 radical (unpaired) electrons. The number of nitriles is 1. The van der Waals surface area contributed by atoms with E-state index in [2.05, 4.69) is 10.4 Å². The van der Waals surface area contributed by atoms with Crippen molar-refractivity contribution in [3.63, 3.8) is 0 Å². The van der Waals surface area contributed by atoms with E-state index in [0.717, 1.165) is 17.2 Å². The van der Waals surface area contributed by atoms with Gasteiger partial charge in [0.25, 0.3) is 11.6 Å². The lowest BCUT2D eigenvalue weighted by Crippen LogP contribution is -2.15. The molecule has 30 heavy (non-hydrogen) atoms. The lowest BCUT2D eigenvalue weighted by molar-refractivity contribution is -0.384. The van der Waals surface area contributed by atoms with Crippen LogP contribution in [-0.2, 0) is 6.73 Å². The van der Waals surface area contributed by atoms with Crippen molar-refractivity contribution in [1.82, 2.24) is 9.78 Å². The topological polar surface area (TPSA) is 123 Å². The summed E-state index contributed by atoms with van der Waals surface area (Å²) in [4.78, 5) is 22.6. The second kappa shape index (κ2) is 8.63. The number of hydrogen-bond acceptors (Lipinski definition) is 6. The fourth-order valence-corrected chi connectivity index (χ4v) is 2.83. The molecular formula is C20H16ClN5O4. The summed E-state index contributed by atoms with van der Waals surface area (Å²) < 4.78 is 7.14. The number of rotatable bonds is 6. The molecule has 1 heterocycles. The summed E-state index contributed by atoms with van der Waals surface area (Å²) in [6.07, 6.45) is 1.57. The number of aromatic nitrogens is 2. The number of amides is 1. The zero-order valence-electron chi connectivity index (χ0n) is 16.0. The predicted octanol–water partition coefficient (Wildman–Crippen LogP) is 4.22. The number of non-ortho nitro benzene ring substituents is 1. The fourth-order valence-electron chi connectivity index (χ4n) is 2.72. The van der Waals surface area contributed by atoms with E-state index in [1.54, 1.807) is 6.20 Å². The van der Waals surface area contributed by atoms with Gasteiger partial charge in [0.15, 0.2) is 12.4 Å². The van der Waals surface area contributed by atoms with Crippen LogP contribution in [0.5, 0.6) is 5.75 Å². The summed E-state index contributed by atoms with van der Waals surface area (Å²) in [5.74, 6) is 0.0673. The van der Waals surface area contributed by atoms with Gasteiger partial charge in [-0.2, -0.15) is 10.4 Å². The third kappa shape index (κ3) is 4.56. The molecule has 0 atom stereocenters. The molecule has 0 spiro atoms. The van der Waals surface area contributed by atoms with Gasteiger partial charge in [0.2, 0.25) is 0 Å². The van der Waals surface area contributed by atoms with Crippen molar-refractivity contribution < 1.29 is 14.5 Å². The first-order chi connectivity index (χ1) is 14.3. The summed E-state index contributed by atoms with van der Waals surface area (Å²) in [5.41, 5.74) is 1.79. The summed E-state index contributed by atoms with van der Waals surface area (Å²) in [6, 6.07) is 10.6.